The standard InChI is InChI=1S/C21H28FN3O3/c1-16(28-19-9-7-18(22)8-10-19)14-24-21(23-2)25-15-17-5-4-6-20(13-17)27-12-11-26-3/h4-10,13,16H,11-12,14-15H2,1-3H3,(H2,23,24,25). The molecule has 2 N–H and O–H groups in total. The summed E-state index contributed by atoms with van der Waals surface area (Å²) in [5.41, 5.74) is 1.08. The van der Waals surface area contributed by atoms with E-state index in [9.17, 15) is 4.39 Å². The number of guanidine groups is 1. The van der Waals surface area contributed by atoms with Crippen molar-refractivity contribution in [2.75, 3.05) is 33.9 Å². The maximum absolute atomic E-state index is 12.9. The van der Waals surface area contributed by atoms with Gasteiger partial charge in [-0.15, -0.1) is 0 Å². The predicted octanol–water partition coefficient (Wildman–Crippen LogP) is 2.98. The van der Waals surface area contributed by atoms with Crippen molar-refractivity contribution in [2.24, 2.45) is 4.99 Å². The molecular formula is C21H28FN3O3. The van der Waals surface area contributed by atoms with Crippen LogP contribution in [0.25, 0.3) is 0 Å². The van der Waals surface area contributed by atoms with Gasteiger partial charge in [0.2, 0.25) is 0 Å². The summed E-state index contributed by atoms with van der Waals surface area (Å²) in [6.07, 6.45) is -0.110. The largest absolute Gasteiger partial charge is 0.491 e. The normalized spacial score (nSPS) is 12.4. The topological polar surface area (TPSA) is 64.1 Å². The lowest BCUT2D eigenvalue weighted by Gasteiger charge is -2.18. The van der Waals surface area contributed by atoms with E-state index in [2.05, 4.69) is 15.6 Å². The van der Waals surface area contributed by atoms with Gasteiger partial charge in [0, 0.05) is 20.7 Å². The van der Waals surface area contributed by atoms with Gasteiger partial charge in [0.15, 0.2) is 5.96 Å². The highest BCUT2D eigenvalue weighted by molar-refractivity contribution is 5.79. The van der Waals surface area contributed by atoms with Crippen LogP contribution in [0.2, 0.25) is 0 Å². The van der Waals surface area contributed by atoms with Crippen LogP contribution in [0.5, 0.6) is 11.5 Å². The maximum Gasteiger partial charge on any atom is 0.191 e. The SMILES string of the molecule is CN=C(NCc1cccc(OCCOC)c1)NCC(C)Oc1ccc(F)cc1. The molecule has 28 heavy (non-hydrogen) atoms. The van der Waals surface area contributed by atoms with Gasteiger partial charge in [0.25, 0.3) is 0 Å². The van der Waals surface area contributed by atoms with Crippen molar-refractivity contribution in [3.05, 3.63) is 59.9 Å². The molecule has 2 rings (SSSR count). The summed E-state index contributed by atoms with van der Waals surface area (Å²) in [5.74, 6) is 1.82. The first-order chi connectivity index (χ1) is 13.6. The first kappa shape index (κ1) is 21.5. The predicted molar refractivity (Wildman–Crippen MR) is 109 cm³/mol. The van der Waals surface area contributed by atoms with Crippen LogP contribution >= 0.6 is 0 Å². The van der Waals surface area contributed by atoms with Crippen molar-refractivity contribution in [1.29, 1.82) is 0 Å². The molecule has 0 aliphatic rings. The summed E-state index contributed by atoms with van der Waals surface area (Å²) < 4.78 is 29.3. The van der Waals surface area contributed by atoms with Crippen molar-refractivity contribution in [1.82, 2.24) is 10.6 Å². The van der Waals surface area contributed by atoms with Gasteiger partial charge in [-0.1, -0.05) is 12.1 Å². The molecule has 1 unspecified atom stereocenters. The number of hydrogen-bond donors (Lipinski definition) is 2. The molecule has 0 heterocycles. The highest BCUT2D eigenvalue weighted by Crippen LogP contribution is 2.14. The Hall–Kier alpha value is -2.80. The molecule has 0 aromatic heterocycles. The van der Waals surface area contributed by atoms with E-state index in [1.165, 1.54) is 12.1 Å². The molecule has 0 bridgehead atoms. The van der Waals surface area contributed by atoms with Crippen molar-refractivity contribution < 1.29 is 18.6 Å². The Morgan fingerprint density at radius 1 is 1.07 bits per heavy atom. The van der Waals surface area contributed by atoms with Crippen molar-refractivity contribution in [3.63, 3.8) is 0 Å². The summed E-state index contributed by atoms with van der Waals surface area (Å²) >= 11 is 0. The molecule has 0 fully saturated rings. The second kappa shape index (κ2) is 11.8. The molecule has 0 amide bonds. The van der Waals surface area contributed by atoms with Gasteiger partial charge < -0.3 is 24.8 Å². The summed E-state index contributed by atoms with van der Waals surface area (Å²) in [4.78, 5) is 4.22. The molecule has 2 aromatic carbocycles. The number of halogens is 1. The van der Waals surface area contributed by atoms with Gasteiger partial charge in [-0.3, -0.25) is 4.99 Å². The number of nitrogens with zero attached hydrogens (tertiary/aromatic N) is 1. The quantitative estimate of drug-likeness (QED) is 0.372. The molecular weight excluding hydrogens is 361 g/mol. The minimum atomic E-state index is -0.282. The van der Waals surface area contributed by atoms with Crippen molar-refractivity contribution in [2.45, 2.75) is 19.6 Å². The third-order valence-electron chi connectivity index (χ3n) is 3.85. The zero-order valence-corrected chi connectivity index (χ0v) is 16.6. The molecule has 2 aromatic rings. The first-order valence-corrected chi connectivity index (χ1v) is 9.18. The van der Waals surface area contributed by atoms with Crippen LogP contribution in [-0.2, 0) is 11.3 Å². The number of nitrogens with one attached hydrogen (secondary N) is 2. The lowest BCUT2D eigenvalue weighted by atomic mass is 10.2. The highest BCUT2D eigenvalue weighted by Gasteiger charge is 2.06. The van der Waals surface area contributed by atoms with Gasteiger partial charge in [0.05, 0.1) is 13.2 Å². The van der Waals surface area contributed by atoms with E-state index in [0.717, 1.165) is 11.3 Å². The molecule has 7 heteroatoms. The van der Waals surface area contributed by atoms with Crippen molar-refractivity contribution in [3.8, 4) is 11.5 Å². The van der Waals surface area contributed by atoms with E-state index >= 15 is 0 Å². The molecule has 0 saturated carbocycles. The Balaban J connectivity index is 1.76. The van der Waals surface area contributed by atoms with E-state index in [1.54, 1.807) is 26.3 Å². The van der Waals surface area contributed by atoms with Crippen LogP contribution in [0.15, 0.2) is 53.5 Å². The van der Waals surface area contributed by atoms with E-state index in [4.69, 9.17) is 14.2 Å². The molecule has 1 atom stereocenters. The number of methoxy groups -OCH3 is 1. The lowest BCUT2D eigenvalue weighted by molar-refractivity contribution is 0.146. The van der Waals surface area contributed by atoms with Crippen LogP contribution in [-0.4, -0.2) is 46.0 Å². The second-order valence-electron chi connectivity index (χ2n) is 6.18. The van der Waals surface area contributed by atoms with Crippen molar-refractivity contribution >= 4 is 5.96 Å². The Kier molecular flexibility index (Phi) is 9.07. The average Bonchev–Trinajstić information content (AvgIpc) is 2.70. The fourth-order valence-electron chi connectivity index (χ4n) is 2.42. The number of ether oxygens (including phenoxy) is 3. The number of hydrogen-bond acceptors (Lipinski definition) is 4. The maximum atomic E-state index is 12.9. The number of aliphatic imine (C=N–C) groups is 1. The molecule has 0 aliphatic carbocycles. The van der Waals surface area contributed by atoms with Crippen LogP contribution < -0.4 is 20.1 Å². The summed E-state index contributed by atoms with van der Waals surface area (Å²) in [6.45, 7) is 4.16. The summed E-state index contributed by atoms with van der Waals surface area (Å²) in [5, 5.41) is 6.48. The fourth-order valence-corrected chi connectivity index (χ4v) is 2.42. The number of rotatable bonds is 10. The van der Waals surface area contributed by atoms with Crippen LogP contribution in [0.3, 0.4) is 0 Å². The first-order valence-electron chi connectivity index (χ1n) is 9.18. The van der Waals surface area contributed by atoms with E-state index in [0.29, 0.717) is 38.0 Å². The molecule has 0 radical (unpaired) electrons. The monoisotopic (exact) mass is 389 g/mol. The summed E-state index contributed by atoms with van der Waals surface area (Å²) in [6, 6.07) is 13.8. The molecule has 0 spiro atoms. The van der Waals surface area contributed by atoms with Gasteiger partial charge >= 0.3 is 0 Å². The molecule has 6 nitrogen and oxygen atoms in total. The molecule has 0 aliphatic heterocycles. The van der Waals surface area contributed by atoms with E-state index in [-0.39, 0.29) is 11.9 Å². The lowest BCUT2D eigenvalue weighted by Crippen LogP contribution is -2.41. The second-order valence-corrected chi connectivity index (χ2v) is 6.18. The molecule has 0 saturated heterocycles. The Morgan fingerprint density at radius 3 is 2.57 bits per heavy atom. The van der Waals surface area contributed by atoms with Crippen LogP contribution in [0, 0.1) is 5.82 Å². The minimum absolute atomic E-state index is 0.110. The van der Waals surface area contributed by atoms with Gasteiger partial charge in [-0.25, -0.2) is 4.39 Å². The average molecular weight is 389 g/mol. The Morgan fingerprint density at radius 2 is 1.86 bits per heavy atom. The molecule has 152 valence electrons. The van der Waals surface area contributed by atoms with E-state index in [1.807, 2.05) is 31.2 Å². The zero-order valence-electron chi connectivity index (χ0n) is 16.6. The van der Waals surface area contributed by atoms with Gasteiger partial charge in [0.1, 0.15) is 30.0 Å². The zero-order chi connectivity index (χ0) is 20.2. The highest BCUT2D eigenvalue weighted by atomic mass is 19.1. The Bertz CT molecular complexity index is 738. The van der Waals surface area contributed by atoms with Crippen LogP contribution in [0.4, 0.5) is 4.39 Å². The third-order valence-corrected chi connectivity index (χ3v) is 3.85. The minimum Gasteiger partial charge on any atom is -0.491 e. The number of benzene rings is 2. The van der Waals surface area contributed by atoms with Crippen LogP contribution in [0.1, 0.15) is 12.5 Å². The smallest absolute Gasteiger partial charge is 0.191 e. The van der Waals surface area contributed by atoms with Gasteiger partial charge in [-0.2, -0.15) is 0 Å². The Labute approximate surface area is 165 Å². The fraction of sp³-hybridized carbons (Fsp3) is 0.381. The van der Waals surface area contributed by atoms with Gasteiger partial charge in [-0.05, 0) is 48.9 Å². The summed E-state index contributed by atoms with van der Waals surface area (Å²) in [7, 11) is 3.36. The third kappa shape index (κ3) is 7.84. The van der Waals surface area contributed by atoms with E-state index < -0.39 is 0 Å².